The van der Waals surface area contributed by atoms with E-state index in [2.05, 4.69) is 4.90 Å². The normalized spacial score (nSPS) is 14.3. The highest BCUT2D eigenvalue weighted by atomic mass is 32.1. The van der Waals surface area contributed by atoms with Crippen molar-refractivity contribution in [1.29, 1.82) is 0 Å². The van der Waals surface area contributed by atoms with Crippen LogP contribution in [0, 0.1) is 19.8 Å². The number of aromatic hydroxyl groups is 1. The van der Waals surface area contributed by atoms with Gasteiger partial charge >= 0.3 is 0 Å². The smallest absolute Gasteiger partial charge is 0.203 e. The van der Waals surface area contributed by atoms with Crippen LogP contribution in [0.4, 0.5) is 4.39 Å². The Labute approximate surface area is 208 Å². The lowest BCUT2D eigenvalue weighted by atomic mass is 9.95. The van der Waals surface area contributed by atoms with E-state index in [1.807, 2.05) is 62.4 Å². The number of ketones is 1. The number of thiophene rings is 1. The molecular weight excluding hydrogens is 461 g/mol. The SMILES string of the molecule is Cc1ccc(C(=O)c2sc3cc(O)ccc3c2-c2ccc(OCCN3CC(CF)C3)cc2)c(C)c1. The van der Waals surface area contributed by atoms with Gasteiger partial charge in [0.2, 0.25) is 5.78 Å². The zero-order valence-corrected chi connectivity index (χ0v) is 20.7. The average molecular weight is 490 g/mol. The molecule has 4 aromatic rings. The molecule has 0 radical (unpaired) electrons. The monoisotopic (exact) mass is 489 g/mol. The average Bonchev–Trinajstić information content (AvgIpc) is 3.19. The Morgan fingerprint density at radius 2 is 1.86 bits per heavy atom. The van der Waals surface area contributed by atoms with Crippen molar-refractivity contribution in [2.75, 3.05) is 32.9 Å². The van der Waals surface area contributed by atoms with Crippen LogP contribution in [0.5, 0.6) is 11.5 Å². The number of halogens is 1. The molecule has 0 unspecified atom stereocenters. The van der Waals surface area contributed by atoms with E-state index in [9.17, 15) is 14.3 Å². The minimum absolute atomic E-state index is 0.0142. The Bertz CT molecular complexity index is 1370. The first-order chi connectivity index (χ1) is 16.9. The Kier molecular flexibility index (Phi) is 6.58. The number of aryl methyl sites for hydroxylation is 2. The van der Waals surface area contributed by atoms with Crippen molar-refractivity contribution in [1.82, 2.24) is 4.90 Å². The molecule has 180 valence electrons. The number of alkyl halides is 1. The van der Waals surface area contributed by atoms with Gasteiger partial charge in [0, 0.05) is 46.8 Å². The van der Waals surface area contributed by atoms with Crippen molar-refractivity contribution in [3.63, 3.8) is 0 Å². The van der Waals surface area contributed by atoms with E-state index in [1.165, 1.54) is 11.3 Å². The number of likely N-dealkylation sites (tertiary alicyclic amines) is 1. The van der Waals surface area contributed by atoms with Gasteiger partial charge in [-0.1, -0.05) is 35.9 Å². The van der Waals surface area contributed by atoms with E-state index < -0.39 is 0 Å². The molecule has 0 amide bonds. The summed E-state index contributed by atoms with van der Waals surface area (Å²) in [5, 5.41) is 11.0. The van der Waals surface area contributed by atoms with Crippen molar-refractivity contribution >= 4 is 27.2 Å². The van der Waals surface area contributed by atoms with Crippen LogP contribution >= 0.6 is 11.3 Å². The van der Waals surface area contributed by atoms with E-state index in [-0.39, 0.29) is 24.1 Å². The van der Waals surface area contributed by atoms with Gasteiger partial charge in [-0.25, -0.2) is 0 Å². The largest absolute Gasteiger partial charge is 0.508 e. The van der Waals surface area contributed by atoms with Crippen LogP contribution in [-0.4, -0.2) is 48.7 Å². The van der Waals surface area contributed by atoms with Crippen molar-refractivity contribution in [3.05, 3.63) is 82.2 Å². The van der Waals surface area contributed by atoms with Crippen molar-refractivity contribution in [2.45, 2.75) is 13.8 Å². The maximum Gasteiger partial charge on any atom is 0.203 e. The Hall–Kier alpha value is -3.22. The lowest BCUT2D eigenvalue weighted by molar-refractivity contribution is 0.0668. The van der Waals surface area contributed by atoms with E-state index >= 15 is 0 Å². The summed E-state index contributed by atoms with van der Waals surface area (Å²) < 4.78 is 19.4. The molecule has 1 fully saturated rings. The molecule has 4 nitrogen and oxygen atoms in total. The maximum atomic E-state index is 13.7. The third kappa shape index (κ3) is 4.81. The Balaban J connectivity index is 1.42. The Morgan fingerprint density at radius 1 is 1.09 bits per heavy atom. The standard InChI is InChI=1S/C29H28FNO3S/c1-18-3-9-24(19(2)13-18)28(33)29-27(25-10-6-22(32)14-26(25)35-29)21-4-7-23(8-5-21)34-12-11-31-16-20(15-30)17-31/h3-10,13-14,20,32H,11-12,15-17H2,1-2H3. The fourth-order valence-corrected chi connectivity index (χ4v) is 5.90. The number of ether oxygens (including phenoxy) is 1. The summed E-state index contributed by atoms with van der Waals surface area (Å²) in [5.41, 5.74) is 4.56. The predicted octanol–water partition coefficient (Wildman–Crippen LogP) is 6.40. The first-order valence-electron chi connectivity index (χ1n) is 11.8. The number of hydrogen-bond donors (Lipinski definition) is 1. The topological polar surface area (TPSA) is 49.8 Å². The highest BCUT2D eigenvalue weighted by molar-refractivity contribution is 7.21. The number of hydrogen-bond acceptors (Lipinski definition) is 5. The van der Waals surface area contributed by atoms with Crippen LogP contribution in [-0.2, 0) is 0 Å². The first kappa shape index (κ1) is 23.5. The zero-order valence-electron chi connectivity index (χ0n) is 19.9. The highest BCUT2D eigenvalue weighted by Gasteiger charge is 2.26. The summed E-state index contributed by atoms with van der Waals surface area (Å²) in [4.78, 5) is 16.5. The number of phenolic OH excluding ortho intramolecular Hbond substituents is 1. The molecule has 2 heterocycles. The molecule has 3 aromatic carbocycles. The molecule has 0 aliphatic carbocycles. The Morgan fingerprint density at radius 3 is 2.57 bits per heavy atom. The van der Waals surface area contributed by atoms with Gasteiger partial charge < -0.3 is 9.84 Å². The molecule has 0 bridgehead atoms. The summed E-state index contributed by atoms with van der Waals surface area (Å²) in [6.45, 7) is 6.67. The number of carbonyl (C=O) groups excluding carboxylic acids is 1. The first-order valence-corrected chi connectivity index (χ1v) is 12.6. The summed E-state index contributed by atoms with van der Waals surface area (Å²) in [6, 6.07) is 18.9. The molecule has 6 heteroatoms. The molecule has 1 aliphatic heterocycles. The fraction of sp³-hybridized carbons (Fsp3) is 0.276. The molecule has 1 saturated heterocycles. The van der Waals surface area contributed by atoms with E-state index in [1.54, 1.807) is 12.1 Å². The fourth-order valence-electron chi connectivity index (χ4n) is 4.69. The highest BCUT2D eigenvalue weighted by Crippen LogP contribution is 2.42. The molecule has 35 heavy (non-hydrogen) atoms. The van der Waals surface area contributed by atoms with E-state index in [0.717, 1.165) is 57.7 Å². The number of rotatable bonds is 8. The molecule has 1 aliphatic rings. The second-order valence-corrected chi connectivity index (χ2v) is 10.3. The number of carbonyl (C=O) groups is 1. The summed E-state index contributed by atoms with van der Waals surface area (Å²) >= 11 is 1.41. The minimum Gasteiger partial charge on any atom is -0.508 e. The molecule has 0 atom stereocenters. The predicted molar refractivity (Wildman–Crippen MR) is 140 cm³/mol. The molecular formula is C29H28FNO3S. The zero-order chi connectivity index (χ0) is 24.5. The van der Waals surface area contributed by atoms with Crippen molar-refractivity contribution < 1.29 is 19.0 Å². The number of fused-ring (bicyclic) bond motifs is 1. The molecule has 1 N–H and O–H groups in total. The van der Waals surface area contributed by atoms with Crippen LogP contribution < -0.4 is 4.74 Å². The van der Waals surface area contributed by atoms with Gasteiger partial charge in [-0.05, 0) is 55.3 Å². The van der Waals surface area contributed by atoms with Gasteiger partial charge in [-0.3, -0.25) is 14.1 Å². The molecule has 5 rings (SSSR count). The molecule has 0 saturated carbocycles. The van der Waals surface area contributed by atoms with Crippen LogP contribution in [0.15, 0.2) is 60.7 Å². The summed E-state index contributed by atoms with van der Waals surface area (Å²) in [6.07, 6.45) is 0. The van der Waals surface area contributed by atoms with Gasteiger partial charge in [0.1, 0.15) is 18.1 Å². The number of phenols is 1. The van der Waals surface area contributed by atoms with Gasteiger partial charge in [0.25, 0.3) is 0 Å². The van der Waals surface area contributed by atoms with Crippen molar-refractivity contribution in [2.24, 2.45) is 5.92 Å². The van der Waals surface area contributed by atoms with Gasteiger partial charge in [-0.2, -0.15) is 0 Å². The lowest BCUT2D eigenvalue weighted by Gasteiger charge is -2.37. The van der Waals surface area contributed by atoms with Gasteiger partial charge in [0.05, 0.1) is 11.6 Å². The van der Waals surface area contributed by atoms with Crippen LogP contribution in [0.3, 0.4) is 0 Å². The van der Waals surface area contributed by atoms with Crippen LogP contribution in [0.1, 0.15) is 26.4 Å². The van der Waals surface area contributed by atoms with E-state index in [4.69, 9.17) is 4.74 Å². The van der Waals surface area contributed by atoms with Gasteiger partial charge in [0.15, 0.2) is 0 Å². The van der Waals surface area contributed by atoms with Crippen LogP contribution in [0.2, 0.25) is 0 Å². The second kappa shape index (κ2) is 9.80. The number of nitrogens with zero attached hydrogens (tertiary/aromatic N) is 1. The molecule has 1 aromatic heterocycles. The summed E-state index contributed by atoms with van der Waals surface area (Å²) in [7, 11) is 0. The van der Waals surface area contributed by atoms with Crippen LogP contribution in [0.25, 0.3) is 21.2 Å². The lowest BCUT2D eigenvalue weighted by Crippen LogP contribution is -2.49. The maximum absolute atomic E-state index is 13.7. The number of benzene rings is 3. The minimum atomic E-state index is -0.246. The second-order valence-electron chi connectivity index (χ2n) is 9.29. The van der Waals surface area contributed by atoms with E-state index in [0.29, 0.717) is 17.0 Å². The third-order valence-corrected chi connectivity index (χ3v) is 7.73. The van der Waals surface area contributed by atoms with Crippen molar-refractivity contribution in [3.8, 4) is 22.6 Å². The quantitative estimate of drug-likeness (QED) is 0.291. The summed E-state index contributed by atoms with van der Waals surface area (Å²) in [5.74, 6) is 1.10. The third-order valence-electron chi connectivity index (χ3n) is 6.58. The van der Waals surface area contributed by atoms with Gasteiger partial charge in [-0.15, -0.1) is 11.3 Å². The molecule has 0 spiro atoms.